The minimum absolute atomic E-state index is 0.258. The van der Waals surface area contributed by atoms with Gasteiger partial charge in [-0.3, -0.25) is 4.98 Å². The number of para-hydroxylation sites is 1. The van der Waals surface area contributed by atoms with E-state index >= 15 is 0 Å². The van der Waals surface area contributed by atoms with Gasteiger partial charge in [-0.15, -0.1) is 0 Å². The van der Waals surface area contributed by atoms with Crippen LogP contribution < -0.4 is 5.73 Å². The van der Waals surface area contributed by atoms with Crippen LogP contribution in [0.15, 0.2) is 53.1 Å². The zero-order valence-electron chi connectivity index (χ0n) is 10.1. The van der Waals surface area contributed by atoms with Gasteiger partial charge in [0.15, 0.2) is 0 Å². The fourth-order valence-corrected chi connectivity index (χ4v) is 2.22. The first-order valence-electron chi connectivity index (χ1n) is 5.91. The van der Waals surface area contributed by atoms with Gasteiger partial charge in [0.25, 0.3) is 0 Å². The summed E-state index contributed by atoms with van der Waals surface area (Å²) in [6.45, 7) is 1.98. The molecule has 2 aromatic heterocycles. The van der Waals surface area contributed by atoms with Crippen LogP contribution in [-0.4, -0.2) is 4.98 Å². The number of aryl methyl sites for hydroxylation is 1. The van der Waals surface area contributed by atoms with E-state index < -0.39 is 0 Å². The predicted molar refractivity (Wildman–Crippen MR) is 71.2 cm³/mol. The van der Waals surface area contributed by atoms with E-state index in [-0.39, 0.29) is 6.04 Å². The molecule has 3 nitrogen and oxygen atoms in total. The lowest BCUT2D eigenvalue weighted by molar-refractivity contribution is 0.490. The molecule has 0 saturated carbocycles. The standard InChI is InChI=1S/C15H14N2O/c1-10-9-12(15(16)14-7-4-8-18-14)11-5-2-3-6-13(11)17-10/h2-9,15H,16H2,1H3. The van der Waals surface area contributed by atoms with Gasteiger partial charge in [0.1, 0.15) is 5.76 Å². The first-order chi connectivity index (χ1) is 8.75. The molecule has 0 spiro atoms. The summed E-state index contributed by atoms with van der Waals surface area (Å²) in [6, 6.07) is 13.5. The van der Waals surface area contributed by atoms with E-state index in [9.17, 15) is 0 Å². The Hall–Kier alpha value is -2.13. The molecule has 2 N–H and O–H groups in total. The van der Waals surface area contributed by atoms with Crippen LogP contribution in [0.5, 0.6) is 0 Å². The summed E-state index contributed by atoms with van der Waals surface area (Å²) in [7, 11) is 0. The molecular weight excluding hydrogens is 224 g/mol. The summed E-state index contributed by atoms with van der Waals surface area (Å²) in [4.78, 5) is 4.51. The number of rotatable bonds is 2. The van der Waals surface area contributed by atoms with Crippen molar-refractivity contribution < 1.29 is 4.42 Å². The van der Waals surface area contributed by atoms with Crippen LogP contribution in [-0.2, 0) is 0 Å². The molecular formula is C15H14N2O. The third-order valence-corrected chi connectivity index (χ3v) is 3.06. The topological polar surface area (TPSA) is 52.0 Å². The van der Waals surface area contributed by atoms with Gasteiger partial charge >= 0.3 is 0 Å². The van der Waals surface area contributed by atoms with Gasteiger partial charge in [-0.05, 0) is 36.8 Å². The van der Waals surface area contributed by atoms with Gasteiger partial charge in [-0.2, -0.15) is 0 Å². The predicted octanol–water partition coefficient (Wildman–Crippen LogP) is 3.18. The van der Waals surface area contributed by atoms with E-state index in [0.29, 0.717) is 0 Å². The molecule has 2 heterocycles. The Balaban J connectivity index is 2.22. The molecule has 0 amide bonds. The average Bonchev–Trinajstić information content (AvgIpc) is 2.90. The van der Waals surface area contributed by atoms with Crippen molar-refractivity contribution in [2.45, 2.75) is 13.0 Å². The summed E-state index contributed by atoms with van der Waals surface area (Å²) in [5.74, 6) is 0.769. The quantitative estimate of drug-likeness (QED) is 0.746. The number of pyridine rings is 1. The molecule has 1 aromatic carbocycles. The molecule has 1 atom stereocenters. The van der Waals surface area contributed by atoms with Crippen molar-refractivity contribution in [3.63, 3.8) is 0 Å². The Kier molecular flexibility index (Phi) is 2.61. The summed E-state index contributed by atoms with van der Waals surface area (Å²) in [5.41, 5.74) is 9.25. The lowest BCUT2D eigenvalue weighted by Crippen LogP contribution is -2.12. The summed E-state index contributed by atoms with van der Waals surface area (Å²) in [5, 5.41) is 1.08. The summed E-state index contributed by atoms with van der Waals surface area (Å²) < 4.78 is 5.39. The second kappa shape index (κ2) is 4.27. The number of benzene rings is 1. The first-order valence-corrected chi connectivity index (χ1v) is 5.91. The lowest BCUT2D eigenvalue weighted by Gasteiger charge is -2.13. The molecule has 1 unspecified atom stereocenters. The van der Waals surface area contributed by atoms with Crippen molar-refractivity contribution in [1.29, 1.82) is 0 Å². The van der Waals surface area contributed by atoms with Gasteiger partial charge in [0.05, 0.1) is 17.8 Å². The Morgan fingerprint density at radius 3 is 2.78 bits per heavy atom. The maximum absolute atomic E-state index is 6.27. The van der Waals surface area contributed by atoms with Crippen molar-refractivity contribution in [3.05, 3.63) is 65.7 Å². The lowest BCUT2D eigenvalue weighted by atomic mass is 10.00. The minimum atomic E-state index is -0.258. The Labute approximate surface area is 105 Å². The number of nitrogens with two attached hydrogens (primary N) is 1. The van der Waals surface area contributed by atoms with Crippen LogP contribution in [0.25, 0.3) is 10.9 Å². The third kappa shape index (κ3) is 1.79. The molecule has 90 valence electrons. The third-order valence-electron chi connectivity index (χ3n) is 3.06. The number of fused-ring (bicyclic) bond motifs is 1. The second-order valence-corrected chi connectivity index (χ2v) is 4.36. The van der Waals surface area contributed by atoms with Crippen LogP contribution in [0, 0.1) is 6.92 Å². The minimum Gasteiger partial charge on any atom is -0.467 e. The highest BCUT2D eigenvalue weighted by Gasteiger charge is 2.15. The number of nitrogens with zero attached hydrogens (tertiary/aromatic N) is 1. The largest absolute Gasteiger partial charge is 0.467 e. The average molecular weight is 238 g/mol. The molecule has 0 aliphatic heterocycles. The van der Waals surface area contributed by atoms with Crippen molar-refractivity contribution in [2.75, 3.05) is 0 Å². The normalized spacial score (nSPS) is 12.8. The SMILES string of the molecule is Cc1cc(C(N)c2ccco2)c2ccccc2n1. The highest BCUT2D eigenvalue weighted by molar-refractivity contribution is 5.83. The molecule has 3 heteroatoms. The van der Waals surface area contributed by atoms with E-state index in [1.165, 1.54) is 0 Å². The van der Waals surface area contributed by atoms with Crippen LogP contribution in [0.3, 0.4) is 0 Å². The van der Waals surface area contributed by atoms with Gasteiger partial charge in [0.2, 0.25) is 0 Å². The number of aromatic nitrogens is 1. The molecule has 3 aromatic rings. The van der Waals surface area contributed by atoms with Gasteiger partial charge in [-0.1, -0.05) is 18.2 Å². The molecule has 0 radical (unpaired) electrons. The van der Waals surface area contributed by atoms with Gasteiger partial charge in [-0.25, -0.2) is 0 Å². The smallest absolute Gasteiger partial charge is 0.125 e. The van der Waals surface area contributed by atoms with Crippen LogP contribution >= 0.6 is 0 Å². The summed E-state index contributed by atoms with van der Waals surface area (Å²) >= 11 is 0. The molecule has 0 fully saturated rings. The Morgan fingerprint density at radius 2 is 2.00 bits per heavy atom. The van der Waals surface area contributed by atoms with Crippen LogP contribution in [0.4, 0.5) is 0 Å². The van der Waals surface area contributed by atoms with E-state index in [1.807, 2.05) is 49.4 Å². The maximum Gasteiger partial charge on any atom is 0.125 e. The van der Waals surface area contributed by atoms with Gasteiger partial charge < -0.3 is 10.2 Å². The first kappa shape index (κ1) is 11.0. The second-order valence-electron chi connectivity index (χ2n) is 4.36. The van der Waals surface area contributed by atoms with E-state index in [2.05, 4.69) is 4.98 Å². The highest BCUT2D eigenvalue weighted by atomic mass is 16.3. The number of hydrogen-bond acceptors (Lipinski definition) is 3. The summed E-state index contributed by atoms with van der Waals surface area (Å²) in [6.07, 6.45) is 1.64. The fraction of sp³-hybridized carbons (Fsp3) is 0.133. The molecule has 0 saturated heterocycles. The molecule has 0 aliphatic carbocycles. The van der Waals surface area contributed by atoms with E-state index in [1.54, 1.807) is 6.26 Å². The zero-order valence-corrected chi connectivity index (χ0v) is 10.1. The number of hydrogen-bond donors (Lipinski definition) is 1. The van der Waals surface area contributed by atoms with Crippen molar-refractivity contribution in [2.24, 2.45) is 5.73 Å². The Bertz CT molecular complexity index is 674. The molecule has 0 bridgehead atoms. The number of furan rings is 1. The van der Waals surface area contributed by atoms with Crippen LogP contribution in [0.1, 0.15) is 23.1 Å². The van der Waals surface area contributed by atoms with Crippen LogP contribution in [0.2, 0.25) is 0 Å². The molecule has 18 heavy (non-hydrogen) atoms. The van der Waals surface area contributed by atoms with Gasteiger partial charge in [0, 0.05) is 11.1 Å². The zero-order chi connectivity index (χ0) is 12.5. The van der Waals surface area contributed by atoms with Crippen molar-refractivity contribution >= 4 is 10.9 Å². The Morgan fingerprint density at radius 1 is 1.17 bits per heavy atom. The fourth-order valence-electron chi connectivity index (χ4n) is 2.22. The highest BCUT2D eigenvalue weighted by Crippen LogP contribution is 2.27. The van der Waals surface area contributed by atoms with E-state index in [4.69, 9.17) is 10.2 Å². The monoisotopic (exact) mass is 238 g/mol. The molecule has 0 aliphatic rings. The van der Waals surface area contributed by atoms with E-state index in [0.717, 1.165) is 27.9 Å². The van der Waals surface area contributed by atoms with Crippen molar-refractivity contribution in [1.82, 2.24) is 4.98 Å². The molecule has 3 rings (SSSR count). The van der Waals surface area contributed by atoms with Crippen molar-refractivity contribution in [3.8, 4) is 0 Å². The maximum atomic E-state index is 6.27.